The molecule has 6 nitrogen and oxygen atoms in total. The van der Waals surface area contributed by atoms with Crippen molar-refractivity contribution in [3.05, 3.63) is 11.6 Å². The minimum absolute atomic E-state index is 0.132. The van der Waals surface area contributed by atoms with E-state index in [1.165, 1.54) is 12.8 Å². The largest absolute Gasteiger partial charge is 0.458 e. The van der Waals surface area contributed by atoms with E-state index in [4.69, 9.17) is 4.74 Å². The van der Waals surface area contributed by atoms with E-state index in [1.54, 1.807) is 0 Å². The third-order valence-electron chi connectivity index (χ3n) is 10.8. The second-order valence-electron chi connectivity index (χ2n) is 13.2. The van der Waals surface area contributed by atoms with E-state index in [1.807, 2.05) is 17.4 Å². The Morgan fingerprint density at radius 1 is 1.03 bits per heavy atom. The molecule has 5 aliphatic rings. The van der Waals surface area contributed by atoms with Gasteiger partial charge in [0.1, 0.15) is 6.10 Å². The van der Waals surface area contributed by atoms with Gasteiger partial charge in [-0.25, -0.2) is 13.2 Å². The van der Waals surface area contributed by atoms with Gasteiger partial charge in [0.2, 0.25) is 10.0 Å². The van der Waals surface area contributed by atoms with Gasteiger partial charge < -0.3 is 9.64 Å². The summed E-state index contributed by atoms with van der Waals surface area (Å²) in [5.41, 5.74) is 0.0657. The highest BCUT2D eigenvalue weighted by Gasteiger charge is 2.67. The number of esters is 1. The molecule has 0 amide bonds. The molecule has 0 aromatic carbocycles. The first-order valence-electron chi connectivity index (χ1n) is 14.7. The Morgan fingerprint density at radius 2 is 1.64 bits per heavy atom. The number of hydrogen-bond acceptors (Lipinski definition) is 5. The SMILES string of the molecule is CN1CCC=C(C(=O)O[C@H]2C[C@@H]3CC[C@]2(CS(=O)(=O)N(C2CCCCC2)C2CCCCC2)C3(C)C)C1. The number of rotatable bonds is 7. The summed E-state index contributed by atoms with van der Waals surface area (Å²) in [6.45, 7) is 6.05. The lowest BCUT2D eigenvalue weighted by molar-refractivity contribution is -0.152. The van der Waals surface area contributed by atoms with Gasteiger partial charge in [-0.05, 0) is 69.7 Å². The average Bonchev–Trinajstić information content (AvgIpc) is 3.20. The summed E-state index contributed by atoms with van der Waals surface area (Å²) in [5.74, 6) is 0.308. The van der Waals surface area contributed by atoms with Crippen LogP contribution in [0.15, 0.2) is 11.6 Å². The number of fused-ring (bicyclic) bond motifs is 2. The number of ether oxygens (including phenoxy) is 1. The second kappa shape index (κ2) is 10.3. The van der Waals surface area contributed by atoms with Crippen molar-refractivity contribution in [1.29, 1.82) is 0 Å². The van der Waals surface area contributed by atoms with Gasteiger partial charge in [0.25, 0.3) is 0 Å². The van der Waals surface area contributed by atoms with Gasteiger partial charge in [-0.2, -0.15) is 4.31 Å². The number of carbonyl (C=O) groups excluding carboxylic acids is 1. The summed E-state index contributed by atoms with van der Waals surface area (Å²) >= 11 is 0. The topological polar surface area (TPSA) is 66.9 Å². The maximum atomic E-state index is 14.5. The Balaban J connectivity index is 1.42. The molecule has 4 aliphatic carbocycles. The summed E-state index contributed by atoms with van der Waals surface area (Å²) in [5, 5.41) is 0. The highest BCUT2D eigenvalue weighted by atomic mass is 32.2. The van der Waals surface area contributed by atoms with Crippen LogP contribution in [-0.4, -0.2) is 67.7 Å². The Bertz CT molecular complexity index is 930. The van der Waals surface area contributed by atoms with E-state index in [0.717, 1.165) is 89.2 Å². The molecule has 3 atom stereocenters. The van der Waals surface area contributed by atoms with Gasteiger partial charge in [0.15, 0.2) is 0 Å². The average molecular weight is 521 g/mol. The van der Waals surface area contributed by atoms with Crippen LogP contribution < -0.4 is 0 Å². The van der Waals surface area contributed by atoms with Crippen molar-refractivity contribution >= 4 is 16.0 Å². The molecule has 0 N–H and O–H groups in total. The molecule has 0 saturated heterocycles. The predicted octanol–water partition coefficient (Wildman–Crippen LogP) is 5.28. The molecule has 1 aliphatic heterocycles. The van der Waals surface area contributed by atoms with E-state index in [2.05, 4.69) is 18.7 Å². The first-order chi connectivity index (χ1) is 17.1. The lowest BCUT2D eigenvalue weighted by Gasteiger charge is -2.46. The first-order valence-corrected chi connectivity index (χ1v) is 16.3. The van der Waals surface area contributed by atoms with Crippen LogP contribution in [0.4, 0.5) is 0 Å². The van der Waals surface area contributed by atoms with Gasteiger partial charge >= 0.3 is 5.97 Å². The molecule has 0 aromatic rings. The molecule has 0 unspecified atom stereocenters. The van der Waals surface area contributed by atoms with Gasteiger partial charge in [0.05, 0.1) is 5.75 Å². The van der Waals surface area contributed by atoms with E-state index >= 15 is 0 Å². The quantitative estimate of drug-likeness (QED) is 0.427. The number of nitrogens with zero attached hydrogens (tertiary/aromatic N) is 2. The van der Waals surface area contributed by atoms with Crippen LogP contribution in [0.1, 0.15) is 104 Å². The van der Waals surface area contributed by atoms with Crippen molar-refractivity contribution in [3.63, 3.8) is 0 Å². The normalized spacial score (nSPS) is 34.2. The summed E-state index contributed by atoms with van der Waals surface area (Å²) in [4.78, 5) is 15.4. The maximum Gasteiger partial charge on any atom is 0.335 e. The molecule has 7 heteroatoms. The van der Waals surface area contributed by atoms with Crippen LogP contribution in [0.5, 0.6) is 0 Å². The number of hydrogen-bond donors (Lipinski definition) is 0. The molecule has 2 bridgehead atoms. The minimum atomic E-state index is -3.50. The van der Waals surface area contributed by atoms with E-state index in [9.17, 15) is 13.2 Å². The maximum absolute atomic E-state index is 14.5. The highest BCUT2D eigenvalue weighted by Crippen LogP contribution is 2.67. The molecular weight excluding hydrogens is 472 g/mol. The standard InChI is InChI=1S/C29H48N2O4S/c1-28(2)23-16-17-29(28,26(19-23)35-27(32)22-11-10-18-30(3)20-22)21-36(33,34)31(24-12-6-4-7-13-24)25-14-8-5-9-15-25/h11,23-26H,4-10,12-21H2,1-3H3/t23-,26-,29+/m0/s1. The molecule has 0 spiro atoms. The fourth-order valence-corrected chi connectivity index (χ4v) is 11.4. The van der Waals surface area contributed by atoms with Crippen molar-refractivity contribution in [2.45, 2.75) is 122 Å². The number of carbonyl (C=O) groups is 1. The number of likely N-dealkylation sites (N-methyl/N-ethyl adjacent to an activating group) is 1. The molecule has 36 heavy (non-hydrogen) atoms. The Labute approximate surface area is 219 Å². The monoisotopic (exact) mass is 520 g/mol. The van der Waals surface area contributed by atoms with Crippen molar-refractivity contribution < 1.29 is 17.9 Å². The minimum Gasteiger partial charge on any atom is -0.458 e. The lowest BCUT2D eigenvalue weighted by atomic mass is 9.69. The molecule has 0 aromatic heterocycles. The summed E-state index contributed by atoms with van der Waals surface area (Å²) in [7, 11) is -1.48. The second-order valence-corrected chi connectivity index (χ2v) is 15.0. The van der Waals surface area contributed by atoms with Crippen LogP contribution in [0, 0.1) is 16.7 Å². The summed E-state index contributed by atoms with van der Waals surface area (Å²) in [6, 6.07) is 0.294. The van der Waals surface area contributed by atoms with Crippen LogP contribution in [0.3, 0.4) is 0 Å². The van der Waals surface area contributed by atoms with Crippen molar-refractivity contribution in [2.24, 2.45) is 16.7 Å². The van der Waals surface area contributed by atoms with Crippen LogP contribution in [0.2, 0.25) is 0 Å². The van der Waals surface area contributed by atoms with Crippen molar-refractivity contribution in [2.75, 3.05) is 25.9 Å². The Morgan fingerprint density at radius 3 is 2.19 bits per heavy atom. The molecule has 0 radical (unpaired) electrons. The molecule has 204 valence electrons. The van der Waals surface area contributed by atoms with E-state index < -0.39 is 15.4 Å². The third kappa shape index (κ3) is 4.82. The highest BCUT2D eigenvalue weighted by molar-refractivity contribution is 7.89. The van der Waals surface area contributed by atoms with E-state index in [0.29, 0.717) is 12.5 Å². The first kappa shape index (κ1) is 26.7. The Kier molecular flexibility index (Phi) is 7.66. The Hall–Kier alpha value is -0.920. The van der Waals surface area contributed by atoms with Crippen molar-refractivity contribution in [1.82, 2.24) is 9.21 Å². The fraction of sp³-hybridized carbons (Fsp3) is 0.897. The zero-order chi connectivity index (χ0) is 25.6. The van der Waals surface area contributed by atoms with Gasteiger partial charge in [-0.1, -0.05) is 58.4 Å². The molecular formula is C29H48N2O4S. The molecule has 1 heterocycles. The van der Waals surface area contributed by atoms with Crippen molar-refractivity contribution in [3.8, 4) is 0 Å². The number of sulfonamides is 1. The van der Waals surface area contributed by atoms with Gasteiger partial charge in [0, 0.05) is 36.2 Å². The van der Waals surface area contributed by atoms with Crippen LogP contribution in [-0.2, 0) is 19.6 Å². The smallest absolute Gasteiger partial charge is 0.335 e. The molecule has 4 fully saturated rings. The fourth-order valence-electron chi connectivity index (χ4n) is 8.58. The van der Waals surface area contributed by atoms with Gasteiger partial charge in [-0.15, -0.1) is 0 Å². The lowest BCUT2D eigenvalue weighted by Crippen LogP contribution is -2.54. The molecule has 5 rings (SSSR count). The molecule has 4 saturated carbocycles. The predicted molar refractivity (Wildman–Crippen MR) is 143 cm³/mol. The zero-order valence-electron chi connectivity index (χ0n) is 22.8. The summed E-state index contributed by atoms with van der Waals surface area (Å²) in [6.07, 6.45) is 16.2. The van der Waals surface area contributed by atoms with Crippen LogP contribution >= 0.6 is 0 Å². The zero-order valence-corrected chi connectivity index (χ0v) is 23.7. The van der Waals surface area contributed by atoms with E-state index in [-0.39, 0.29) is 35.3 Å². The van der Waals surface area contributed by atoms with Gasteiger partial charge in [-0.3, -0.25) is 0 Å². The van der Waals surface area contributed by atoms with Crippen LogP contribution in [0.25, 0.3) is 0 Å². The third-order valence-corrected chi connectivity index (χ3v) is 13.0. The summed E-state index contributed by atoms with van der Waals surface area (Å²) < 4.78 is 37.3.